The van der Waals surface area contributed by atoms with Crippen molar-refractivity contribution in [3.8, 4) is 0 Å². The summed E-state index contributed by atoms with van der Waals surface area (Å²) >= 11 is 0. The van der Waals surface area contributed by atoms with Gasteiger partial charge in [0.1, 0.15) is 0 Å². The summed E-state index contributed by atoms with van der Waals surface area (Å²) in [6.45, 7) is 11.2. The zero-order chi connectivity index (χ0) is 21.1. The van der Waals surface area contributed by atoms with Gasteiger partial charge in [0.05, 0.1) is 6.10 Å². The first-order valence-electron chi connectivity index (χ1n) is 11.7. The fraction of sp³-hybridized carbons (Fsp3) is 0.840. The van der Waals surface area contributed by atoms with Crippen LogP contribution in [0.25, 0.3) is 0 Å². The van der Waals surface area contributed by atoms with Gasteiger partial charge in [0.15, 0.2) is 5.78 Å². The number of hydrogen-bond donors (Lipinski definition) is 2. The van der Waals surface area contributed by atoms with Crippen LogP contribution in [-0.4, -0.2) is 28.1 Å². The highest BCUT2D eigenvalue weighted by Gasteiger charge is 2.63. The summed E-state index contributed by atoms with van der Waals surface area (Å²) in [5.41, 5.74) is 0.995. The summed E-state index contributed by atoms with van der Waals surface area (Å²) < 4.78 is 0. The zero-order valence-electron chi connectivity index (χ0n) is 18.3. The highest BCUT2D eigenvalue weighted by Crippen LogP contribution is 2.68. The first-order chi connectivity index (χ1) is 13.6. The van der Waals surface area contributed by atoms with E-state index in [0.29, 0.717) is 30.1 Å². The molecule has 7 unspecified atom stereocenters. The molecule has 29 heavy (non-hydrogen) atoms. The van der Waals surface area contributed by atoms with Crippen molar-refractivity contribution in [3.05, 3.63) is 12.2 Å². The van der Waals surface area contributed by atoms with E-state index in [4.69, 9.17) is 5.11 Å². The second-order valence-corrected chi connectivity index (χ2v) is 11.3. The maximum Gasteiger partial charge on any atom is 0.303 e. The van der Waals surface area contributed by atoms with Crippen molar-refractivity contribution in [3.63, 3.8) is 0 Å². The van der Waals surface area contributed by atoms with Gasteiger partial charge in [-0.2, -0.15) is 0 Å². The third kappa shape index (κ3) is 3.12. The van der Waals surface area contributed by atoms with E-state index >= 15 is 0 Å². The molecule has 0 bridgehead atoms. The van der Waals surface area contributed by atoms with Crippen molar-refractivity contribution >= 4 is 11.8 Å². The molecule has 0 heterocycles. The number of carboxylic acids is 1. The third-order valence-electron chi connectivity index (χ3n) is 10.1. The van der Waals surface area contributed by atoms with Crippen LogP contribution >= 0.6 is 0 Å². The first-order valence-corrected chi connectivity index (χ1v) is 11.7. The highest BCUT2D eigenvalue weighted by atomic mass is 16.4. The van der Waals surface area contributed by atoms with Gasteiger partial charge < -0.3 is 10.2 Å². The fourth-order valence-corrected chi connectivity index (χ4v) is 8.45. The molecule has 162 valence electrons. The van der Waals surface area contributed by atoms with Crippen molar-refractivity contribution in [1.82, 2.24) is 0 Å². The Morgan fingerprint density at radius 2 is 1.79 bits per heavy atom. The Hall–Kier alpha value is -1.16. The van der Waals surface area contributed by atoms with Gasteiger partial charge in [-0.1, -0.05) is 27.4 Å². The Morgan fingerprint density at radius 3 is 2.48 bits per heavy atom. The van der Waals surface area contributed by atoms with Gasteiger partial charge in [-0.05, 0) is 97.4 Å². The van der Waals surface area contributed by atoms with E-state index in [0.717, 1.165) is 50.5 Å². The molecular formula is C25H38O4. The molecule has 4 nitrogen and oxygen atoms in total. The predicted octanol–water partition coefficient (Wildman–Crippen LogP) is 4.85. The van der Waals surface area contributed by atoms with Crippen LogP contribution in [0.5, 0.6) is 0 Å². The number of aliphatic hydroxyl groups is 1. The number of fused-ring (bicyclic) bond motifs is 5. The van der Waals surface area contributed by atoms with Crippen LogP contribution in [0.15, 0.2) is 12.2 Å². The van der Waals surface area contributed by atoms with E-state index in [1.807, 2.05) is 0 Å². The summed E-state index contributed by atoms with van der Waals surface area (Å²) in [4.78, 5) is 24.6. The van der Waals surface area contributed by atoms with Crippen molar-refractivity contribution in [1.29, 1.82) is 0 Å². The molecule has 4 heteroatoms. The first kappa shape index (κ1) is 21.1. The monoisotopic (exact) mass is 402 g/mol. The van der Waals surface area contributed by atoms with Crippen LogP contribution < -0.4 is 0 Å². The van der Waals surface area contributed by atoms with Gasteiger partial charge >= 0.3 is 5.97 Å². The second-order valence-electron chi connectivity index (χ2n) is 11.3. The summed E-state index contributed by atoms with van der Waals surface area (Å²) in [6, 6.07) is 0. The molecule has 4 rings (SSSR count). The Bertz CT molecular complexity index is 714. The SMILES string of the molecule is C=C1C(=O)C2C(CCC3(C)C2CCC3[C@H](C)CCC(=O)O)C2(C)CC[C@@H](O)CC12. The zero-order valence-corrected chi connectivity index (χ0v) is 18.3. The van der Waals surface area contributed by atoms with Gasteiger partial charge in [0.25, 0.3) is 0 Å². The molecule has 0 aromatic carbocycles. The van der Waals surface area contributed by atoms with Gasteiger partial charge in [-0.3, -0.25) is 9.59 Å². The maximum absolute atomic E-state index is 13.6. The lowest BCUT2D eigenvalue weighted by molar-refractivity contribution is -0.149. The Balaban J connectivity index is 1.61. The molecule has 0 saturated heterocycles. The number of aliphatic hydroxyl groups excluding tert-OH is 1. The van der Waals surface area contributed by atoms with E-state index in [-0.39, 0.29) is 41.0 Å². The molecule has 4 saturated carbocycles. The Morgan fingerprint density at radius 1 is 1.14 bits per heavy atom. The van der Waals surface area contributed by atoms with E-state index in [9.17, 15) is 14.7 Å². The quantitative estimate of drug-likeness (QED) is 0.659. The van der Waals surface area contributed by atoms with Crippen molar-refractivity contribution in [2.75, 3.05) is 0 Å². The van der Waals surface area contributed by atoms with Crippen LogP contribution in [0.2, 0.25) is 0 Å². The average Bonchev–Trinajstić information content (AvgIpc) is 3.02. The largest absolute Gasteiger partial charge is 0.481 e. The number of carbonyl (C=O) groups excluding carboxylic acids is 1. The smallest absolute Gasteiger partial charge is 0.303 e. The lowest BCUT2D eigenvalue weighted by Gasteiger charge is -2.60. The van der Waals surface area contributed by atoms with E-state index < -0.39 is 5.97 Å². The number of rotatable bonds is 4. The predicted molar refractivity (Wildman–Crippen MR) is 112 cm³/mol. The normalized spacial score (nSPS) is 47.9. The maximum atomic E-state index is 13.6. The molecule has 0 amide bonds. The van der Waals surface area contributed by atoms with Crippen molar-refractivity contribution in [2.45, 2.75) is 84.7 Å². The molecule has 4 fully saturated rings. The number of hydrogen-bond acceptors (Lipinski definition) is 3. The molecule has 9 atom stereocenters. The number of allylic oxidation sites excluding steroid dienone is 1. The van der Waals surface area contributed by atoms with Gasteiger partial charge in [-0.15, -0.1) is 0 Å². The summed E-state index contributed by atoms with van der Waals surface area (Å²) in [7, 11) is 0. The molecule has 0 aromatic rings. The number of Topliss-reactive ketones (excluding diaryl/α,β-unsaturated/α-hetero) is 1. The molecule has 4 aliphatic carbocycles. The van der Waals surface area contributed by atoms with Crippen molar-refractivity contribution < 1.29 is 19.8 Å². The van der Waals surface area contributed by atoms with E-state index in [2.05, 4.69) is 27.4 Å². The average molecular weight is 403 g/mol. The Kier molecular flexibility index (Phi) is 5.25. The lowest BCUT2D eigenvalue weighted by atomic mass is 9.43. The minimum Gasteiger partial charge on any atom is -0.481 e. The molecule has 0 aliphatic heterocycles. The van der Waals surface area contributed by atoms with Gasteiger partial charge in [0.2, 0.25) is 0 Å². The fourth-order valence-electron chi connectivity index (χ4n) is 8.45. The van der Waals surface area contributed by atoms with E-state index in [1.54, 1.807) is 0 Å². The van der Waals surface area contributed by atoms with Crippen LogP contribution in [-0.2, 0) is 9.59 Å². The number of ketones is 1. The topological polar surface area (TPSA) is 74.6 Å². The molecule has 0 aromatic heterocycles. The minimum atomic E-state index is -0.711. The third-order valence-corrected chi connectivity index (χ3v) is 10.1. The van der Waals surface area contributed by atoms with Crippen LogP contribution in [0.4, 0.5) is 0 Å². The number of carboxylic acid groups (broad SMARTS) is 1. The molecule has 0 radical (unpaired) electrons. The Labute approximate surface area is 175 Å². The molecule has 2 N–H and O–H groups in total. The number of aliphatic carboxylic acids is 1. The van der Waals surface area contributed by atoms with Crippen molar-refractivity contribution in [2.24, 2.45) is 46.3 Å². The van der Waals surface area contributed by atoms with Crippen LogP contribution in [0, 0.1) is 46.3 Å². The van der Waals surface area contributed by atoms with E-state index in [1.165, 1.54) is 0 Å². The second kappa shape index (κ2) is 7.21. The van der Waals surface area contributed by atoms with Crippen LogP contribution in [0.3, 0.4) is 0 Å². The summed E-state index contributed by atoms with van der Waals surface area (Å²) in [6.07, 6.45) is 7.63. The van der Waals surface area contributed by atoms with Gasteiger partial charge in [0, 0.05) is 12.3 Å². The van der Waals surface area contributed by atoms with Crippen LogP contribution in [0.1, 0.15) is 78.6 Å². The highest BCUT2D eigenvalue weighted by molar-refractivity contribution is 5.99. The summed E-state index contributed by atoms with van der Waals surface area (Å²) in [5.74, 6) is 1.47. The standard InChI is InChI=1S/C25H38O4/c1-14(5-8-21(27)28)17-6-7-18-22-19(10-12-24(17,18)3)25(4)11-9-16(26)13-20(25)15(2)23(22)29/h14,16-20,22,26H,2,5-13H2,1,3-4H3,(H,27,28)/t14-,16-,17?,18?,19?,20?,22?,24?,25?/m1/s1. The lowest BCUT2D eigenvalue weighted by Crippen LogP contribution is -2.58. The molecule has 4 aliphatic rings. The number of carbonyl (C=O) groups is 2. The molecule has 0 spiro atoms. The molecular weight excluding hydrogens is 364 g/mol. The summed E-state index contributed by atoms with van der Waals surface area (Å²) in [5, 5.41) is 19.4. The van der Waals surface area contributed by atoms with Gasteiger partial charge in [-0.25, -0.2) is 0 Å². The minimum absolute atomic E-state index is 0.0782.